The monoisotopic (exact) mass is 591 g/mol. The van der Waals surface area contributed by atoms with Crippen molar-refractivity contribution in [3.05, 3.63) is 59.2 Å². The number of hydrogen-bond donors (Lipinski definition) is 3. The quantitative estimate of drug-likeness (QED) is 0.432. The van der Waals surface area contributed by atoms with Gasteiger partial charge < -0.3 is 20.3 Å². The number of carbonyl (C=O) groups excluding carboxylic acids is 1. The van der Waals surface area contributed by atoms with E-state index in [0.717, 1.165) is 50.4 Å². The molecule has 3 N–H and O–H groups in total. The Hall–Kier alpha value is -2.32. The molecule has 2 aromatic carbocycles. The Morgan fingerprint density at radius 3 is 2.52 bits per heavy atom. The molecule has 0 unspecified atom stereocenters. The lowest BCUT2D eigenvalue weighted by Crippen LogP contribution is -2.91. The molecule has 0 aromatic heterocycles. The van der Waals surface area contributed by atoms with E-state index in [1.807, 2.05) is 30.3 Å². The molecule has 224 valence electrons. The maximum atomic E-state index is 13.6. The first-order valence-electron chi connectivity index (χ1n) is 16.0. The Labute approximate surface area is 254 Å². The predicted octanol–water partition coefficient (Wildman–Crippen LogP) is 3.92. The van der Waals surface area contributed by atoms with E-state index < -0.39 is 11.7 Å². The van der Waals surface area contributed by atoms with Crippen LogP contribution in [0.3, 0.4) is 0 Å². The summed E-state index contributed by atoms with van der Waals surface area (Å²) in [5.41, 5.74) is 1.80. The smallest absolute Gasteiger partial charge is 0.221 e. The van der Waals surface area contributed by atoms with Crippen LogP contribution in [0.5, 0.6) is 11.5 Å². The number of fused-ring (bicyclic) bond motifs is 2. The molecular weight excluding hydrogens is 550 g/mol. The van der Waals surface area contributed by atoms with E-state index in [4.69, 9.17) is 4.74 Å². The number of halogens is 1. The van der Waals surface area contributed by atoms with Crippen molar-refractivity contribution < 1.29 is 19.7 Å². The third-order valence-corrected chi connectivity index (χ3v) is 12.2. The summed E-state index contributed by atoms with van der Waals surface area (Å²) in [6, 6.07) is 14.0. The minimum atomic E-state index is -1.16. The van der Waals surface area contributed by atoms with Gasteiger partial charge in [0.15, 0.2) is 11.5 Å². The van der Waals surface area contributed by atoms with Gasteiger partial charge in [-0.1, -0.05) is 36.4 Å². The second-order valence-corrected chi connectivity index (χ2v) is 14.3. The third-order valence-electron chi connectivity index (χ3n) is 12.2. The molecule has 2 spiro atoms. The van der Waals surface area contributed by atoms with Crippen LogP contribution >= 0.6 is 12.4 Å². The molecule has 3 saturated heterocycles. The minimum Gasteiger partial charge on any atom is -0.504 e. The first-order valence-corrected chi connectivity index (χ1v) is 16.0. The number of rotatable bonds is 8. The summed E-state index contributed by atoms with van der Waals surface area (Å²) in [4.78, 5) is 19.1. The number of nitrogens with one attached hydrogen (secondary N) is 1. The van der Waals surface area contributed by atoms with E-state index in [9.17, 15) is 15.0 Å². The van der Waals surface area contributed by atoms with Crippen LogP contribution in [0.4, 0.5) is 0 Å². The average Bonchev–Trinajstić information content (AvgIpc) is 3.91. The van der Waals surface area contributed by atoms with Crippen LogP contribution in [-0.4, -0.2) is 74.9 Å². The van der Waals surface area contributed by atoms with Gasteiger partial charge >= 0.3 is 0 Å². The first-order chi connectivity index (χ1) is 19.9. The van der Waals surface area contributed by atoms with Crippen molar-refractivity contribution in [3.8, 4) is 11.5 Å². The summed E-state index contributed by atoms with van der Waals surface area (Å²) in [6.45, 7) is 3.58. The summed E-state index contributed by atoms with van der Waals surface area (Å²) >= 11 is 0. The summed E-state index contributed by atoms with van der Waals surface area (Å²) in [5, 5.41) is 27.1. The summed E-state index contributed by atoms with van der Waals surface area (Å²) in [7, 11) is 0. The van der Waals surface area contributed by atoms with Crippen molar-refractivity contribution in [2.24, 2.45) is 11.8 Å². The first kappa shape index (κ1) is 27.2. The Bertz CT molecular complexity index is 1410. The lowest BCUT2D eigenvalue weighted by molar-refractivity contribution is -0.293. The van der Waals surface area contributed by atoms with Gasteiger partial charge in [0.1, 0.15) is 11.7 Å². The number of likely N-dealkylation sites (tertiary alicyclic amines) is 1. The molecule has 4 aliphatic heterocycles. The molecule has 6 fully saturated rings. The molecule has 4 heterocycles. The van der Waals surface area contributed by atoms with Gasteiger partial charge in [-0.25, -0.2) is 0 Å². The van der Waals surface area contributed by atoms with Gasteiger partial charge in [-0.15, -0.1) is 12.4 Å². The Morgan fingerprint density at radius 1 is 1.00 bits per heavy atom. The van der Waals surface area contributed by atoms with Crippen molar-refractivity contribution in [3.63, 3.8) is 0 Å². The van der Waals surface area contributed by atoms with Gasteiger partial charge in [-0.05, 0) is 86.9 Å². The van der Waals surface area contributed by atoms with Gasteiger partial charge in [0, 0.05) is 37.7 Å². The summed E-state index contributed by atoms with van der Waals surface area (Å²) < 4.78 is 6.80. The zero-order valence-corrected chi connectivity index (χ0v) is 25.0. The van der Waals surface area contributed by atoms with Gasteiger partial charge in [0.25, 0.3) is 0 Å². The number of nitrogens with zero attached hydrogens (tertiary/aromatic N) is 2. The van der Waals surface area contributed by atoms with E-state index in [1.165, 1.54) is 36.8 Å². The normalized spacial score (nSPS) is 37.5. The molecule has 8 aliphatic rings. The minimum absolute atomic E-state index is 0. The molecule has 0 radical (unpaired) electrons. The molecular formula is C34H42ClN3O4. The number of phenols is 1. The number of aromatic hydroxyl groups is 1. The summed E-state index contributed by atoms with van der Waals surface area (Å²) in [6.07, 6.45) is 8.36. The van der Waals surface area contributed by atoms with Gasteiger partial charge in [0.05, 0.1) is 17.0 Å². The molecule has 4 bridgehead atoms. The van der Waals surface area contributed by atoms with E-state index in [0.29, 0.717) is 30.7 Å². The highest BCUT2D eigenvalue weighted by Gasteiger charge is 2.82. The fraction of sp³-hybridized carbons (Fsp3) is 0.618. The number of piperidine rings is 3. The number of hydrogen-bond acceptors (Lipinski definition) is 6. The van der Waals surface area contributed by atoms with Crippen molar-refractivity contribution in [1.29, 1.82) is 0 Å². The number of aliphatic hydroxyl groups is 1. The van der Waals surface area contributed by atoms with Crippen molar-refractivity contribution >= 4 is 18.3 Å². The zero-order valence-electron chi connectivity index (χ0n) is 24.1. The van der Waals surface area contributed by atoms with Crippen LogP contribution in [0, 0.1) is 11.8 Å². The maximum absolute atomic E-state index is 13.6. The van der Waals surface area contributed by atoms with Crippen molar-refractivity contribution in [2.75, 3.05) is 19.6 Å². The zero-order chi connectivity index (χ0) is 27.6. The Balaban J connectivity index is 0.00000267. The molecule has 8 heteroatoms. The predicted molar refractivity (Wildman–Crippen MR) is 161 cm³/mol. The fourth-order valence-corrected chi connectivity index (χ4v) is 10.2. The SMILES string of the molecule is Cl.O=C(C[C@H]1N(CC2CC2)[C@@]23CC[C@]1(O)[C@@H]1Oc4c(O)ccc5c4[C@]12CCN(CC1CC1)[C@@H]3C5)NCc1ccccc1. The van der Waals surface area contributed by atoms with Gasteiger partial charge in [-0.3, -0.25) is 14.6 Å². The van der Waals surface area contributed by atoms with E-state index in [-0.39, 0.29) is 47.5 Å². The molecule has 2 aromatic rings. The van der Waals surface area contributed by atoms with Crippen LogP contribution in [0.1, 0.15) is 68.1 Å². The van der Waals surface area contributed by atoms with E-state index in [2.05, 4.69) is 21.2 Å². The van der Waals surface area contributed by atoms with Crippen LogP contribution < -0.4 is 10.1 Å². The number of ether oxygens (including phenoxy) is 1. The molecule has 10 rings (SSSR count). The third kappa shape index (κ3) is 3.54. The summed E-state index contributed by atoms with van der Waals surface area (Å²) in [5.74, 6) is 2.21. The van der Waals surface area contributed by atoms with Gasteiger partial charge in [0.2, 0.25) is 5.91 Å². The van der Waals surface area contributed by atoms with Crippen molar-refractivity contribution in [2.45, 2.75) is 99.1 Å². The van der Waals surface area contributed by atoms with E-state index in [1.54, 1.807) is 6.07 Å². The number of amides is 1. The largest absolute Gasteiger partial charge is 0.504 e. The highest BCUT2D eigenvalue weighted by molar-refractivity contribution is 5.85. The maximum Gasteiger partial charge on any atom is 0.221 e. The second kappa shape index (κ2) is 9.34. The van der Waals surface area contributed by atoms with Crippen LogP contribution in [0.15, 0.2) is 42.5 Å². The molecule has 42 heavy (non-hydrogen) atoms. The molecule has 7 nitrogen and oxygen atoms in total. The molecule has 1 amide bonds. The topological polar surface area (TPSA) is 85.3 Å². The highest BCUT2D eigenvalue weighted by Crippen LogP contribution is 2.72. The highest BCUT2D eigenvalue weighted by atomic mass is 35.5. The lowest BCUT2D eigenvalue weighted by atomic mass is 9.40. The number of benzene rings is 2. The fourth-order valence-electron chi connectivity index (χ4n) is 10.2. The lowest BCUT2D eigenvalue weighted by Gasteiger charge is -2.77. The molecule has 3 saturated carbocycles. The van der Waals surface area contributed by atoms with Crippen LogP contribution in [-0.2, 0) is 23.2 Å². The Kier molecular flexibility index (Phi) is 6.06. The van der Waals surface area contributed by atoms with E-state index >= 15 is 0 Å². The molecule has 6 atom stereocenters. The Morgan fingerprint density at radius 2 is 1.76 bits per heavy atom. The van der Waals surface area contributed by atoms with Crippen LogP contribution in [0.25, 0.3) is 0 Å². The number of carbonyl (C=O) groups is 1. The van der Waals surface area contributed by atoms with Crippen LogP contribution in [0.2, 0.25) is 0 Å². The van der Waals surface area contributed by atoms with Crippen molar-refractivity contribution in [1.82, 2.24) is 15.1 Å². The standard InChI is InChI=1S/C34H41N3O4.ClH/c38-25-11-10-24-16-27-34-13-12-33(40,31-32(34,29(24)30(25)41-31)14-15-36(27)19-22-6-7-22)26(37(34)20-23-8-9-23)17-28(39)35-18-21-4-2-1-3-5-21;/h1-5,10-11,22-23,26-27,31,38,40H,6-9,12-20H2,(H,35,39);1H/t26-,27-,31-,32-,33-,34-;/m1./s1. The average molecular weight is 592 g/mol. The second-order valence-electron chi connectivity index (χ2n) is 14.3. The molecule has 4 aliphatic carbocycles. The number of phenolic OH excluding ortho intramolecular Hbond substituents is 1. The van der Waals surface area contributed by atoms with Gasteiger partial charge in [-0.2, -0.15) is 0 Å².